The second-order valence-electron chi connectivity index (χ2n) is 13.0. The molecule has 0 aliphatic carbocycles. The number of benzene rings is 2. The van der Waals surface area contributed by atoms with Crippen LogP contribution >= 0.6 is 11.8 Å². The number of aryl methyl sites for hydroxylation is 1. The number of piperidine rings is 1. The first-order valence-corrected chi connectivity index (χ1v) is 16.9. The highest BCUT2D eigenvalue weighted by atomic mass is 32.2. The van der Waals surface area contributed by atoms with Gasteiger partial charge in [0.05, 0.1) is 17.9 Å². The molecule has 0 N–H and O–H groups in total. The number of thioether (sulfide) groups is 1. The molecule has 9 heteroatoms. The van der Waals surface area contributed by atoms with Crippen LogP contribution in [0.5, 0.6) is 11.5 Å². The molecule has 1 saturated heterocycles. The van der Waals surface area contributed by atoms with Gasteiger partial charge in [-0.25, -0.2) is 14.8 Å². The molecule has 0 spiro atoms. The molecule has 0 saturated carbocycles. The summed E-state index contributed by atoms with van der Waals surface area (Å²) in [5.74, 6) is 1.92. The van der Waals surface area contributed by atoms with Gasteiger partial charge in [0.2, 0.25) is 0 Å². The quantitative estimate of drug-likeness (QED) is 0.156. The largest absolute Gasteiger partial charge is 0.492 e. The van der Waals surface area contributed by atoms with Gasteiger partial charge in [-0.3, -0.25) is 0 Å². The molecule has 1 amide bonds. The van der Waals surface area contributed by atoms with E-state index < -0.39 is 5.60 Å². The lowest BCUT2D eigenvalue weighted by Crippen LogP contribution is -2.41. The van der Waals surface area contributed by atoms with Crippen molar-refractivity contribution in [2.75, 3.05) is 26.0 Å². The maximum absolute atomic E-state index is 12.4. The van der Waals surface area contributed by atoms with Crippen molar-refractivity contribution in [2.45, 2.75) is 90.0 Å². The van der Waals surface area contributed by atoms with Gasteiger partial charge in [-0.05, 0) is 99.6 Å². The van der Waals surface area contributed by atoms with Gasteiger partial charge in [-0.1, -0.05) is 50.7 Å². The first-order chi connectivity index (χ1) is 21.4. The molecule has 1 fully saturated rings. The van der Waals surface area contributed by atoms with Crippen LogP contribution in [0.15, 0.2) is 53.8 Å². The van der Waals surface area contributed by atoms with E-state index in [1.807, 2.05) is 51.3 Å². The second-order valence-corrected chi connectivity index (χ2v) is 13.8. The second kappa shape index (κ2) is 15.0. The summed E-state index contributed by atoms with van der Waals surface area (Å²) >= 11 is 1.50. The van der Waals surface area contributed by atoms with E-state index in [0.717, 1.165) is 59.0 Å². The average Bonchev–Trinajstić information content (AvgIpc) is 3.03. The lowest BCUT2D eigenvalue weighted by Gasteiger charge is -2.33. The fourth-order valence-electron chi connectivity index (χ4n) is 5.47. The Morgan fingerprint density at radius 1 is 1.04 bits per heavy atom. The number of aromatic nitrogens is 2. The molecule has 1 aliphatic rings. The normalized spacial score (nSPS) is 14.1. The minimum absolute atomic E-state index is 0.237. The van der Waals surface area contributed by atoms with E-state index in [4.69, 9.17) is 14.2 Å². The third-order valence-corrected chi connectivity index (χ3v) is 8.83. The first-order valence-electron chi connectivity index (χ1n) is 15.7. The van der Waals surface area contributed by atoms with E-state index in [-0.39, 0.29) is 11.5 Å². The van der Waals surface area contributed by atoms with Crippen LogP contribution in [0, 0.1) is 17.2 Å². The Bertz CT molecular complexity index is 1490. The summed E-state index contributed by atoms with van der Waals surface area (Å²) in [4.78, 5) is 22.9. The molecule has 2 heterocycles. The number of likely N-dealkylation sites (tertiary alicyclic amines) is 1. The molecule has 240 valence electrons. The molecule has 0 atom stereocenters. The SMILES string of the molecule is CCc1cc(C(C)(C)c2ccc(OCc3ccnc(SC)n3)cc2)cc(C#N)c1OCCC1CCN(C(=O)OC(C)(C)C)CC1. The van der Waals surface area contributed by atoms with Gasteiger partial charge in [0.1, 0.15) is 29.8 Å². The summed E-state index contributed by atoms with van der Waals surface area (Å²) in [6.07, 6.45) is 6.95. The number of carbonyl (C=O) groups is 1. The predicted octanol–water partition coefficient (Wildman–Crippen LogP) is 7.95. The molecule has 1 aliphatic heterocycles. The van der Waals surface area contributed by atoms with E-state index in [1.165, 1.54) is 11.8 Å². The Balaban J connectivity index is 1.37. The lowest BCUT2D eigenvalue weighted by molar-refractivity contribution is 0.0177. The number of hydrogen-bond donors (Lipinski definition) is 0. The molecule has 2 aromatic carbocycles. The number of ether oxygens (including phenoxy) is 3. The molecule has 1 aromatic heterocycles. The molecule has 0 unspecified atom stereocenters. The molecule has 4 rings (SSSR count). The summed E-state index contributed by atoms with van der Waals surface area (Å²) < 4.78 is 17.8. The van der Waals surface area contributed by atoms with Gasteiger partial charge < -0.3 is 19.1 Å². The average molecular weight is 631 g/mol. The summed E-state index contributed by atoms with van der Waals surface area (Å²) in [7, 11) is 0. The lowest BCUT2D eigenvalue weighted by atomic mass is 9.77. The first kappa shape index (κ1) is 34.1. The van der Waals surface area contributed by atoms with Crippen LogP contribution in [0.3, 0.4) is 0 Å². The Morgan fingerprint density at radius 2 is 1.76 bits per heavy atom. The highest BCUT2D eigenvalue weighted by Gasteiger charge is 2.28. The zero-order valence-corrected chi connectivity index (χ0v) is 28.5. The summed E-state index contributed by atoms with van der Waals surface area (Å²) in [6, 6.07) is 16.5. The molecule has 3 aromatic rings. The van der Waals surface area contributed by atoms with Gasteiger partial charge in [-0.2, -0.15) is 5.26 Å². The van der Waals surface area contributed by atoms with Crippen molar-refractivity contribution in [3.05, 3.63) is 76.6 Å². The summed E-state index contributed by atoms with van der Waals surface area (Å²) in [5, 5.41) is 10.9. The van der Waals surface area contributed by atoms with E-state index in [2.05, 4.69) is 55.0 Å². The maximum Gasteiger partial charge on any atom is 0.410 e. The molecule has 45 heavy (non-hydrogen) atoms. The highest BCUT2D eigenvalue weighted by Crippen LogP contribution is 2.37. The third kappa shape index (κ3) is 9.13. The van der Waals surface area contributed by atoms with Crippen molar-refractivity contribution >= 4 is 17.9 Å². The minimum Gasteiger partial charge on any atom is -0.492 e. The van der Waals surface area contributed by atoms with Crippen LogP contribution in [-0.4, -0.2) is 52.5 Å². The maximum atomic E-state index is 12.4. The van der Waals surface area contributed by atoms with Gasteiger partial charge in [0.15, 0.2) is 5.16 Å². The summed E-state index contributed by atoms with van der Waals surface area (Å²) in [6.45, 7) is 14.4. The van der Waals surface area contributed by atoms with E-state index in [9.17, 15) is 10.1 Å². The van der Waals surface area contributed by atoms with Crippen molar-refractivity contribution in [1.82, 2.24) is 14.9 Å². The predicted molar refractivity (Wildman–Crippen MR) is 178 cm³/mol. The third-order valence-electron chi connectivity index (χ3n) is 8.26. The Kier molecular flexibility index (Phi) is 11.4. The Hall–Kier alpha value is -3.77. The van der Waals surface area contributed by atoms with Crippen molar-refractivity contribution < 1.29 is 19.0 Å². The summed E-state index contributed by atoms with van der Waals surface area (Å²) in [5.41, 5.74) is 3.79. The van der Waals surface area contributed by atoms with Gasteiger partial charge in [0, 0.05) is 24.7 Å². The Labute approximate surface area is 272 Å². The number of amides is 1. The van der Waals surface area contributed by atoms with E-state index >= 15 is 0 Å². The molecule has 0 bridgehead atoms. The molecular formula is C36H46N4O4S. The number of nitrogens with zero attached hydrogens (tertiary/aromatic N) is 4. The van der Waals surface area contributed by atoms with Crippen LogP contribution in [0.1, 0.15) is 88.8 Å². The standard InChI is InChI=1S/C36H46N4O4S/c1-8-26-21-29(36(5,6)28-9-11-31(12-10-28)43-24-30-13-17-38-33(39-30)45-7)22-27(23-37)32(26)42-20-16-25-14-18-40(19-15-25)34(41)44-35(2,3)4/h9-13,17,21-22,25H,8,14-16,18-20,24H2,1-7H3. The number of carbonyl (C=O) groups excluding carboxylic acids is 1. The van der Waals surface area contributed by atoms with Crippen LogP contribution in [0.25, 0.3) is 0 Å². The minimum atomic E-state index is -0.487. The van der Waals surface area contributed by atoms with Crippen molar-refractivity contribution in [1.29, 1.82) is 5.26 Å². The molecular weight excluding hydrogens is 584 g/mol. The number of hydrogen-bond acceptors (Lipinski definition) is 8. The van der Waals surface area contributed by atoms with Crippen LogP contribution in [0.4, 0.5) is 4.79 Å². The van der Waals surface area contributed by atoms with Gasteiger partial charge >= 0.3 is 6.09 Å². The monoisotopic (exact) mass is 630 g/mol. The fourth-order valence-corrected chi connectivity index (χ4v) is 5.85. The van der Waals surface area contributed by atoms with E-state index in [1.54, 1.807) is 11.1 Å². The van der Waals surface area contributed by atoms with Crippen molar-refractivity contribution in [3.63, 3.8) is 0 Å². The van der Waals surface area contributed by atoms with Crippen LogP contribution in [-0.2, 0) is 23.2 Å². The van der Waals surface area contributed by atoms with Crippen LogP contribution in [0.2, 0.25) is 0 Å². The highest BCUT2D eigenvalue weighted by molar-refractivity contribution is 7.98. The van der Waals surface area contributed by atoms with Crippen molar-refractivity contribution in [2.24, 2.45) is 5.92 Å². The number of rotatable bonds is 11. The number of nitriles is 1. The zero-order valence-electron chi connectivity index (χ0n) is 27.7. The van der Waals surface area contributed by atoms with E-state index in [0.29, 0.717) is 43.5 Å². The van der Waals surface area contributed by atoms with Gasteiger partial charge in [-0.15, -0.1) is 0 Å². The Morgan fingerprint density at radius 3 is 2.38 bits per heavy atom. The van der Waals surface area contributed by atoms with Crippen LogP contribution < -0.4 is 9.47 Å². The van der Waals surface area contributed by atoms with Gasteiger partial charge in [0.25, 0.3) is 0 Å². The fraction of sp³-hybridized carbons (Fsp3) is 0.500. The smallest absolute Gasteiger partial charge is 0.410 e. The zero-order chi connectivity index (χ0) is 32.6. The topological polar surface area (TPSA) is 97.6 Å². The molecule has 0 radical (unpaired) electrons. The van der Waals surface area contributed by atoms with Crippen molar-refractivity contribution in [3.8, 4) is 17.6 Å². The molecule has 8 nitrogen and oxygen atoms in total.